The molecule has 0 aliphatic carbocycles. The van der Waals surface area contributed by atoms with Crippen molar-refractivity contribution in [2.45, 2.75) is 39.7 Å². The number of hydrogen-bond acceptors (Lipinski definition) is 4. The van der Waals surface area contributed by atoms with E-state index in [0.717, 1.165) is 30.5 Å². The van der Waals surface area contributed by atoms with E-state index in [1.807, 2.05) is 25.1 Å². The van der Waals surface area contributed by atoms with Crippen molar-refractivity contribution in [1.29, 1.82) is 0 Å². The Balaban J connectivity index is 2.23. The van der Waals surface area contributed by atoms with E-state index in [2.05, 4.69) is 29.4 Å². The van der Waals surface area contributed by atoms with Crippen molar-refractivity contribution in [1.82, 2.24) is 15.5 Å². The predicted octanol–water partition coefficient (Wildman–Crippen LogP) is 4.15. The van der Waals surface area contributed by atoms with E-state index in [-0.39, 0.29) is 6.04 Å². The molecule has 1 unspecified atom stereocenters. The van der Waals surface area contributed by atoms with Gasteiger partial charge in [-0.3, -0.25) is 0 Å². The quantitative estimate of drug-likeness (QED) is 0.869. The van der Waals surface area contributed by atoms with Crippen molar-refractivity contribution < 1.29 is 4.42 Å². The molecule has 1 heterocycles. The third-order valence-electron chi connectivity index (χ3n) is 3.08. The molecule has 0 aliphatic rings. The monoisotopic (exact) mass is 293 g/mol. The van der Waals surface area contributed by atoms with E-state index >= 15 is 0 Å². The van der Waals surface area contributed by atoms with Crippen LogP contribution in [0.15, 0.2) is 22.6 Å². The van der Waals surface area contributed by atoms with Crippen molar-refractivity contribution >= 4 is 11.6 Å². The molecule has 1 atom stereocenters. The molecular weight excluding hydrogens is 274 g/mol. The SMILES string of the molecule is CCCNC(CC)c1nnc(-c2cc(C)cc(Cl)c2)o1. The Morgan fingerprint density at radius 3 is 2.70 bits per heavy atom. The van der Waals surface area contributed by atoms with Crippen LogP contribution >= 0.6 is 11.6 Å². The summed E-state index contributed by atoms with van der Waals surface area (Å²) in [5.74, 6) is 1.15. The fraction of sp³-hybridized carbons (Fsp3) is 0.467. The zero-order chi connectivity index (χ0) is 14.5. The van der Waals surface area contributed by atoms with Crippen molar-refractivity contribution in [3.63, 3.8) is 0 Å². The molecule has 0 aliphatic heterocycles. The smallest absolute Gasteiger partial charge is 0.247 e. The molecule has 20 heavy (non-hydrogen) atoms. The number of aromatic nitrogens is 2. The maximum Gasteiger partial charge on any atom is 0.247 e. The molecule has 108 valence electrons. The van der Waals surface area contributed by atoms with Gasteiger partial charge in [0, 0.05) is 10.6 Å². The molecule has 1 aromatic carbocycles. The molecule has 2 aromatic rings. The summed E-state index contributed by atoms with van der Waals surface area (Å²) in [6, 6.07) is 5.84. The van der Waals surface area contributed by atoms with Gasteiger partial charge >= 0.3 is 0 Å². The second kappa shape index (κ2) is 6.86. The molecule has 2 rings (SSSR count). The lowest BCUT2D eigenvalue weighted by molar-refractivity contribution is 0.396. The van der Waals surface area contributed by atoms with Crippen LogP contribution in [0.25, 0.3) is 11.5 Å². The lowest BCUT2D eigenvalue weighted by Gasteiger charge is -2.11. The second-order valence-electron chi connectivity index (χ2n) is 4.88. The third kappa shape index (κ3) is 3.58. The fourth-order valence-corrected chi connectivity index (χ4v) is 2.37. The van der Waals surface area contributed by atoms with E-state index < -0.39 is 0 Å². The highest BCUT2D eigenvalue weighted by Crippen LogP contribution is 2.25. The van der Waals surface area contributed by atoms with Crippen LogP contribution in [0.1, 0.15) is 44.2 Å². The topological polar surface area (TPSA) is 51.0 Å². The van der Waals surface area contributed by atoms with Gasteiger partial charge in [-0.05, 0) is 50.1 Å². The first-order valence-corrected chi connectivity index (χ1v) is 7.36. The van der Waals surface area contributed by atoms with Crippen molar-refractivity contribution in [2.24, 2.45) is 0 Å². The summed E-state index contributed by atoms with van der Waals surface area (Å²) in [6.45, 7) is 7.16. The van der Waals surface area contributed by atoms with Gasteiger partial charge in [0.25, 0.3) is 0 Å². The molecule has 1 aromatic heterocycles. The molecule has 0 spiro atoms. The van der Waals surface area contributed by atoms with Crippen LogP contribution in [0.3, 0.4) is 0 Å². The average molecular weight is 294 g/mol. The van der Waals surface area contributed by atoms with Crippen LogP contribution in [0, 0.1) is 6.92 Å². The normalized spacial score (nSPS) is 12.6. The molecule has 0 saturated carbocycles. The first-order valence-electron chi connectivity index (χ1n) is 6.98. The van der Waals surface area contributed by atoms with Crippen LogP contribution in [0.4, 0.5) is 0 Å². The van der Waals surface area contributed by atoms with Gasteiger partial charge in [-0.2, -0.15) is 0 Å². The zero-order valence-corrected chi connectivity index (χ0v) is 12.9. The van der Waals surface area contributed by atoms with Gasteiger partial charge in [0.2, 0.25) is 11.8 Å². The Morgan fingerprint density at radius 2 is 2.05 bits per heavy atom. The number of aryl methyl sites for hydroxylation is 1. The minimum Gasteiger partial charge on any atom is -0.419 e. The first kappa shape index (κ1) is 15.0. The van der Waals surface area contributed by atoms with Crippen LogP contribution in [0.5, 0.6) is 0 Å². The van der Waals surface area contributed by atoms with Crippen molar-refractivity contribution in [3.05, 3.63) is 34.7 Å². The Labute approximate surface area is 124 Å². The summed E-state index contributed by atoms with van der Waals surface area (Å²) in [7, 11) is 0. The molecule has 0 bridgehead atoms. The average Bonchev–Trinajstić information content (AvgIpc) is 2.88. The fourth-order valence-electron chi connectivity index (χ4n) is 2.08. The van der Waals surface area contributed by atoms with E-state index in [9.17, 15) is 0 Å². The molecule has 0 radical (unpaired) electrons. The van der Waals surface area contributed by atoms with Gasteiger partial charge in [-0.15, -0.1) is 10.2 Å². The molecule has 5 heteroatoms. The van der Waals surface area contributed by atoms with E-state index in [0.29, 0.717) is 16.8 Å². The van der Waals surface area contributed by atoms with Crippen LogP contribution in [-0.2, 0) is 0 Å². The maximum atomic E-state index is 6.06. The van der Waals surface area contributed by atoms with Gasteiger partial charge in [0.1, 0.15) is 0 Å². The van der Waals surface area contributed by atoms with Gasteiger partial charge in [0.05, 0.1) is 6.04 Å². The Bertz CT molecular complexity index is 548. The van der Waals surface area contributed by atoms with Crippen molar-refractivity contribution in [3.8, 4) is 11.5 Å². The van der Waals surface area contributed by atoms with Gasteiger partial charge in [-0.1, -0.05) is 25.4 Å². The van der Waals surface area contributed by atoms with Gasteiger partial charge < -0.3 is 9.73 Å². The second-order valence-corrected chi connectivity index (χ2v) is 5.31. The minimum atomic E-state index is 0.108. The Morgan fingerprint density at radius 1 is 1.25 bits per heavy atom. The highest BCUT2D eigenvalue weighted by atomic mass is 35.5. The lowest BCUT2D eigenvalue weighted by Crippen LogP contribution is -2.21. The maximum absolute atomic E-state index is 6.06. The first-order chi connectivity index (χ1) is 9.63. The summed E-state index contributed by atoms with van der Waals surface area (Å²) in [6.07, 6.45) is 1.99. The third-order valence-corrected chi connectivity index (χ3v) is 3.29. The van der Waals surface area contributed by atoms with Crippen LogP contribution < -0.4 is 5.32 Å². The molecule has 1 N–H and O–H groups in total. The number of halogens is 1. The van der Waals surface area contributed by atoms with Crippen LogP contribution in [0.2, 0.25) is 5.02 Å². The van der Waals surface area contributed by atoms with Crippen LogP contribution in [-0.4, -0.2) is 16.7 Å². The zero-order valence-electron chi connectivity index (χ0n) is 12.1. The highest BCUT2D eigenvalue weighted by Gasteiger charge is 2.17. The molecular formula is C15H20ClN3O. The summed E-state index contributed by atoms with van der Waals surface area (Å²) in [5, 5.41) is 12.4. The summed E-state index contributed by atoms with van der Waals surface area (Å²) >= 11 is 6.06. The van der Waals surface area contributed by atoms with E-state index in [1.54, 1.807) is 0 Å². The van der Waals surface area contributed by atoms with Gasteiger partial charge in [-0.25, -0.2) is 0 Å². The van der Waals surface area contributed by atoms with Crippen molar-refractivity contribution in [2.75, 3.05) is 6.54 Å². The number of nitrogens with one attached hydrogen (secondary N) is 1. The Hall–Kier alpha value is -1.39. The largest absolute Gasteiger partial charge is 0.419 e. The lowest BCUT2D eigenvalue weighted by atomic mass is 10.1. The molecule has 0 saturated heterocycles. The number of nitrogens with zero attached hydrogens (tertiary/aromatic N) is 2. The minimum absolute atomic E-state index is 0.108. The number of hydrogen-bond donors (Lipinski definition) is 1. The molecule has 0 fully saturated rings. The summed E-state index contributed by atoms with van der Waals surface area (Å²) in [4.78, 5) is 0. The molecule has 4 nitrogen and oxygen atoms in total. The highest BCUT2D eigenvalue weighted by molar-refractivity contribution is 6.30. The molecule has 0 amide bonds. The Kier molecular flexibility index (Phi) is 5.15. The standard InChI is InChI=1S/C15H20ClN3O/c1-4-6-17-13(5-2)15-19-18-14(20-15)11-7-10(3)8-12(16)9-11/h7-9,13,17H,4-6H2,1-3H3. The summed E-state index contributed by atoms with van der Waals surface area (Å²) in [5.41, 5.74) is 1.93. The summed E-state index contributed by atoms with van der Waals surface area (Å²) < 4.78 is 5.79. The predicted molar refractivity (Wildman–Crippen MR) is 80.8 cm³/mol. The van der Waals surface area contributed by atoms with E-state index in [4.69, 9.17) is 16.0 Å². The number of benzene rings is 1. The number of rotatable bonds is 6. The van der Waals surface area contributed by atoms with E-state index in [1.165, 1.54) is 0 Å². The van der Waals surface area contributed by atoms with Gasteiger partial charge in [0.15, 0.2) is 0 Å².